The standard InChI is InChI=1S/C12H16FNO2/c13-10-1-2-12(16)9(5-10)7-14-6-8-3-11(15)4-8/h1-2,5,8,11,14-16H,3-4,6-7H2. The summed E-state index contributed by atoms with van der Waals surface area (Å²) in [4.78, 5) is 0. The Morgan fingerprint density at radius 1 is 1.38 bits per heavy atom. The van der Waals surface area contributed by atoms with Crippen LogP contribution in [0.25, 0.3) is 0 Å². The van der Waals surface area contributed by atoms with Gasteiger partial charge in [0.25, 0.3) is 0 Å². The molecule has 1 aliphatic rings. The van der Waals surface area contributed by atoms with Crippen LogP contribution in [0.2, 0.25) is 0 Å². The van der Waals surface area contributed by atoms with Crippen LogP contribution in [0.5, 0.6) is 5.75 Å². The highest BCUT2D eigenvalue weighted by Crippen LogP contribution is 2.26. The minimum absolute atomic E-state index is 0.113. The average molecular weight is 225 g/mol. The van der Waals surface area contributed by atoms with Gasteiger partial charge in [-0.3, -0.25) is 0 Å². The van der Waals surface area contributed by atoms with Crippen LogP contribution in [0.3, 0.4) is 0 Å². The van der Waals surface area contributed by atoms with Crippen molar-refractivity contribution in [3.8, 4) is 5.75 Å². The molecule has 0 unspecified atom stereocenters. The van der Waals surface area contributed by atoms with Crippen molar-refractivity contribution in [3.63, 3.8) is 0 Å². The first-order valence-electron chi connectivity index (χ1n) is 5.51. The fourth-order valence-electron chi connectivity index (χ4n) is 1.97. The zero-order chi connectivity index (χ0) is 11.5. The van der Waals surface area contributed by atoms with Gasteiger partial charge in [-0.2, -0.15) is 0 Å². The Morgan fingerprint density at radius 2 is 2.12 bits per heavy atom. The Hall–Kier alpha value is -1.13. The number of phenolic OH excluding ortho intramolecular Hbond substituents is 1. The number of hydrogen-bond donors (Lipinski definition) is 3. The molecule has 1 aliphatic carbocycles. The molecule has 88 valence electrons. The van der Waals surface area contributed by atoms with Gasteiger partial charge < -0.3 is 15.5 Å². The zero-order valence-corrected chi connectivity index (χ0v) is 8.99. The Bertz CT molecular complexity index is 364. The number of rotatable bonds is 4. The maximum Gasteiger partial charge on any atom is 0.123 e. The van der Waals surface area contributed by atoms with Crippen LogP contribution >= 0.6 is 0 Å². The highest BCUT2D eigenvalue weighted by molar-refractivity contribution is 5.32. The summed E-state index contributed by atoms with van der Waals surface area (Å²) < 4.78 is 12.9. The minimum Gasteiger partial charge on any atom is -0.508 e. The average Bonchev–Trinajstić information content (AvgIpc) is 2.20. The van der Waals surface area contributed by atoms with Crippen molar-refractivity contribution in [3.05, 3.63) is 29.6 Å². The van der Waals surface area contributed by atoms with Crippen LogP contribution in [-0.4, -0.2) is 22.9 Å². The summed E-state index contributed by atoms with van der Waals surface area (Å²) in [5.41, 5.74) is 0.569. The zero-order valence-electron chi connectivity index (χ0n) is 8.99. The van der Waals surface area contributed by atoms with E-state index in [0.29, 0.717) is 18.0 Å². The van der Waals surface area contributed by atoms with Crippen LogP contribution in [0.15, 0.2) is 18.2 Å². The number of hydrogen-bond acceptors (Lipinski definition) is 3. The summed E-state index contributed by atoms with van der Waals surface area (Å²) in [5, 5.41) is 21.7. The van der Waals surface area contributed by atoms with Crippen molar-refractivity contribution in [2.24, 2.45) is 5.92 Å². The smallest absolute Gasteiger partial charge is 0.123 e. The lowest BCUT2D eigenvalue weighted by molar-refractivity contribution is 0.0429. The van der Waals surface area contributed by atoms with E-state index in [1.165, 1.54) is 18.2 Å². The third-order valence-electron chi connectivity index (χ3n) is 3.00. The molecule has 0 saturated heterocycles. The molecule has 1 fully saturated rings. The van der Waals surface area contributed by atoms with E-state index in [2.05, 4.69) is 5.32 Å². The first-order valence-corrected chi connectivity index (χ1v) is 5.51. The van der Waals surface area contributed by atoms with E-state index in [9.17, 15) is 9.50 Å². The largest absolute Gasteiger partial charge is 0.508 e. The van der Waals surface area contributed by atoms with E-state index in [-0.39, 0.29) is 17.7 Å². The molecule has 3 nitrogen and oxygen atoms in total. The molecular formula is C12H16FNO2. The topological polar surface area (TPSA) is 52.5 Å². The van der Waals surface area contributed by atoms with Crippen molar-refractivity contribution in [2.75, 3.05) is 6.54 Å². The molecule has 0 amide bonds. The van der Waals surface area contributed by atoms with Crippen LogP contribution in [0.4, 0.5) is 4.39 Å². The number of nitrogens with one attached hydrogen (secondary N) is 1. The Kier molecular flexibility index (Phi) is 3.41. The van der Waals surface area contributed by atoms with E-state index < -0.39 is 0 Å². The van der Waals surface area contributed by atoms with Gasteiger partial charge in [-0.1, -0.05) is 0 Å². The monoisotopic (exact) mass is 225 g/mol. The molecule has 0 spiro atoms. The number of aromatic hydroxyl groups is 1. The molecule has 0 atom stereocenters. The highest BCUT2D eigenvalue weighted by Gasteiger charge is 2.26. The number of phenols is 1. The molecule has 1 aromatic rings. The summed E-state index contributed by atoms with van der Waals surface area (Å²) in [6, 6.07) is 3.93. The quantitative estimate of drug-likeness (QED) is 0.726. The molecule has 0 aliphatic heterocycles. The fourth-order valence-corrected chi connectivity index (χ4v) is 1.97. The first-order chi connectivity index (χ1) is 7.65. The van der Waals surface area contributed by atoms with Gasteiger partial charge >= 0.3 is 0 Å². The van der Waals surface area contributed by atoms with Crippen molar-refractivity contribution in [1.29, 1.82) is 0 Å². The van der Waals surface area contributed by atoms with E-state index in [1.54, 1.807) is 0 Å². The molecule has 16 heavy (non-hydrogen) atoms. The lowest BCUT2D eigenvalue weighted by Crippen LogP contribution is -2.35. The number of aliphatic hydroxyl groups excluding tert-OH is 1. The van der Waals surface area contributed by atoms with Crippen LogP contribution < -0.4 is 5.32 Å². The summed E-state index contributed by atoms with van der Waals surface area (Å²) in [5.74, 6) is 0.280. The van der Waals surface area contributed by atoms with Crippen molar-refractivity contribution in [1.82, 2.24) is 5.32 Å². The second-order valence-electron chi connectivity index (χ2n) is 4.40. The number of aliphatic hydroxyl groups is 1. The van der Waals surface area contributed by atoms with E-state index in [4.69, 9.17) is 5.11 Å². The van der Waals surface area contributed by atoms with Crippen LogP contribution in [0, 0.1) is 11.7 Å². The Labute approximate surface area is 93.9 Å². The van der Waals surface area contributed by atoms with Gasteiger partial charge in [-0.25, -0.2) is 4.39 Å². The molecule has 3 N–H and O–H groups in total. The number of halogens is 1. The summed E-state index contributed by atoms with van der Waals surface area (Å²) in [6.07, 6.45) is 1.53. The molecular weight excluding hydrogens is 209 g/mol. The minimum atomic E-state index is -0.339. The van der Waals surface area contributed by atoms with Gasteiger partial charge in [0.05, 0.1) is 6.10 Å². The second-order valence-corrected chi connectivity index (χ2v) is 4.40. The SMILES string of the molecule is Oc1ccc(F)cc1CNCC1CC(O)C1. The predicted octanol–water partition coefficient (Wildman–Crippen LogP) is 1.39. The lowest BCUT2D eigenvalue weighted by Gasteiger charge is -2.31. The third-order valence-corrected chi connectivity index (χ3v) is 3.00. The molecule has 4 heteroatoms. The molecule has 2 rings (SSSR count). The van der Waals surface area contributed by atoms with Crippen molar-refractivity contribution < 1.29 is 14.6 Å². The van der Waals surface area contributed by atoms with E-state index in [0.717, 1.165) is 19.4 Å². The normalized spacial score (nSPS) is 24.1. The maximum absolute atomic E-state index is 12.9. The lowest BCUT2D eigenvalue weighted by atomic mass is 9.82. The molecule has 0 heterocycles. The Balaban J connectivity index is 1.78. The van der Waals surface area contributed by atoms with E-state index >= 15 is 0 Å². The molecule has 1 saturated carbocycles. The summed E-state index contributed by atoms with van der Waals surface area (Å²) >= 11 is 0. The van der Waals surface area contributed by atoms with Gasteiger partial charge in [-0.05, 0) is 43.5 Å². The van der Waals surface area contributed by atoms with Crippen molar-refractivity contribution >= 4 is 0 Å². The molecule has 0 aromatic heterocycles. The molecule has 1 aromatic carbocycles. The van der Waals surface area contributed by atoms with Gasteiger partial charge in [0.15, 0.2) is 0 Å². The fraction of sp³-hybridized carbons (Fsp3) is 0.500. The van der Waals surface area contributed by atoms with Crippen LogP contribution in [0.1, 0.15) is 18.4 Å². The third kappa shape index (κ3) is 2.71. The van der Waals surface area contributed by atoms with Gasteiger partial charge in [0.2, 0.25) is 0 Å². The predicted molar refractivity (Wildman–Crippen MR) is 58.5 cm³/mol. The molecule has 0 radical (unpaired) electrons. The van der Waals surface area contributed by atoms with Crippen LogP contribution in [-0.2, 0) is 6.54 Å². The molecule has 0 bridgehead atoms. The van der Waals surface area contributed by atoms with Crippen molar-refractivity contribution in [2.45, 2.75) is 25.5 Å². The van der Waals surface area contributed by atoms with E-state index in [1.807, 2.05) is 0 Å². The summed E-state index contributed by atoms with van der Waals surface area (Å²) in [7, 11) is 0. The first kappa shape index (κ1) is 11.4. The second kappa shape index (κ2) is 4.80. The summed E-state index contributed by atoms with van der Waals surface area (Å²) in [6.45, 7) is 1.25. The highest BCUT2D eigenvalue weighted by atomic mass is 19.1. The maximum atomic E-state index is 12.9. The van der Waals surface area contributed by atoms with Gasteiger partial charge in [0, 0.05) is 12.1 Å². The van der Waals surface area contributed by atoms with Gasteiger partial charge in [0.1, 0.15) is 11.6 Å². The number of benzene rings is 1. The van der Waals surface area contributed by atoms with Gasteiger partial charge in [-0.15, -0.1) is 0 Å². The Morgan fingerprint density at radius 3 is 2.81 bits per heavy atom.